The Balaban J connectivity index is 2.05. The van der Waals surface area contributed by atoms with Crippen LogP contribution in [0.4, 0.5) is 0 Å². The number of carboxylic acids is 1. The predicted molar refractivity (Wildman–Crippen MR) is 141 cm³/mol. The standard InChI is InChI=1S/C28H34O13/c1-13(29)5-23(34)39-15(3)7-18-10-20(31)12-22(33)26(18)28(38)41-16(4)8-24(35)40-14(2)6-17-9-19(30)11-21(32)25(17)27(36)37/h9-16,29-33H,5-8H2,1-4H3,(H,36,37). The molecule has 0 aromatic heterocycles. The van der Waals surface area contributed by atoms with E-state index in [0.29, 0.717) is 0 Å². The highest BCUT2D eigenvalue weighted by Gasteiger charge is 2.26. The van der Waals surface area contributed by atoms with Crippen LogP contribution in [0.25, 0.3) is 0 Å². The number of hydrogen-bond acceptors (Lipinski definition) is 12. The number of carbonyl (C=O) groups excluding carboxylic acids is 3. The largest absolute Gasteiger partial charge is 0.508 e. The number of aromatic carboxylic acids is 1. The number of aliphatic hydroxyl groups excluding tert-OH is 1. The van der Waals surface area contributed by atoms with Crippen molar-refractivity contribution in [1.29, 1.82) is 0 Å². The molecule has 4 unspecified atom stereocenters. The van der Waals surface area contributed by atoms with Gasteiger partial charge in [-0.15, -0.1) is 0 Å². The third-order valence-corrected chi connectivity index (χ3v) is 5.69. The summed E-state index contributed by atoms with van der Waals surface area (Å²) in [5.41, 5.74) is -0.600. The third kappa shape index (κ3) is 9.87. The quantitative estimate of drug-likeness (QED) is 0.149. The van der Waals surface area contributed by atoms with Crippen molar-refractivity contribution >= 4 is 23.9 Å². The van der Waals surface area contributed by atoms with Crippen molar-refractivity contribution in [2.24, 2.45) is 0 Å². The summed E-state index contributed by atoms with van der Waals surface area (Å²) in [5.74, 6) is -5.89. The molecular weight excluding hydrogens is 544 g/mol. The van der Waals surface area contributed by atoms with Gasteiger partial charge in [0, 0.05) is 25.0 Å². The van der Waals surface area contributed by atoms with Crippen LogP contribution in [0.3, 0.4) is 0 Å². The van der Waals surface area contributed by atoms with Crippen LogP contribution in [-0.4, -0.2) is 78.9 Å². The minimum Gasteiger partial charge on any atom is -0.508 e. The van der Waals surface area contributed by atoms with Gasteiger partial charge in [0.15, 0.2) is 0 Å². The average Bonchev–Trinajstić information content (AvgIpc) is 2.76. The summed E-state index contributed by atoms with van der Waals surface area (Å²) in [5, 5.41) is 58.5. The summed E-state index contributed by atoms with van der Waals surface area (Å²) >= 11 is 0. The first-order valence-corrected chi connectivity index (χ1v) is 12.7. The smallest absolute Gasteiger partial charge is 0.342 e. The minimum atomic E-state index is -1.43. The molecule has 0 amide bonds. The van der Waals surface area contributed by atoms with Crippen LogP contribution in [0.2, 0.25) is 0 Å². The maximum absolute atomic E-state index is 12.9. The number of hydrogen-bond donors (Lipinski definition) is 6. The van der Waals surface area contributed by atoms with Crippen LogP contribution < -0.4 is 0 Å². The van der Waals surface area contributed by atoms with Gasteiger partial charge in [-0.25, -0.2) is 9.59 Å². The van der Waals surface area contributed by atoms with Gasteiger partial charge in [0.05, 0.1) is 18.9 Å². The molecule has 6 N–H and O–H groups in total. The Morgan fingerprint density at radius 1 is 0.659 bits per heavy atom. The lowest BCUT2D eigenvalue weighted by Gasteiger charge is -2.19. The number of phenols is 4. The summed E-state index contributed by atoms with van der Waals surface area (Å²) in [6.45, 7) is 5.81. The van der Waals surface area contributed by atoms with E-state index in [2.05, 4.69) is 0 Å². The first-order chi connectivity index (χ1) is 19.1. The van der Waals surface area contributed by atoms with Crippen LogP contribution in [-0.2, 0) is 36.6 Å². The van der Waals surface area contributed by atoms with Crippen molar-refractivity contribution in [1.82, 2.24) is 0 Å². The van der Waals surface area contributed by atoms with Gasteiger partial charge in [-0.05, 0) is 51.0 Å². The van der Waals surface area contributed by atoms with Crippen LogP contribution in [0, 0.1) is 0 Å². The SMILES string of the molecule is CC(O)CC(=O)OC(C)Cc1cc(O)cc(O)c1C(=O)OC(C)CC(=O)OC(C)Cc1cc(O)cc(O)c1C(=O)O. The topological polar surface area (TPSA) is 217 Å². The number of esters is 3. The molecule has 13 heteroatoms. The van der Waals surface area contributed by atoms with Gasteiger partial charge in [0.1, 0.15) is 52.4 Å². The lowest BCUT2D eigenvalue weighted by atomic mass is 10.00. The molecule has 13 nitrogen and oxygen atoms in total. The summed E-state index contributed by atoms with van der Waals surface area (Å²) in [7, 11) is 0. The van der Waals surface area contributed by atoms with Crippen molar-refractivity contribution in [3.63, 3.8) is 0 Å². The van der Waals surface area contributed by atoms with Gasteiger partial charge >= 0.3 is 23.9 Å². The fraction of sp³-hybridized carbons (Fsp3) is 0.429. The van der Waals surface area contributed by atoms with E-state index in [4.69, 9.17) is 14.2 Å². The summed E-state index contributed by atoms with van der Waals surface area (Å²) in [6.07, 6.45) is -4.51. The number of benzene rings is 2. The zero-order valence-electron chi connectivity index (χ0n) is 23.0. The van der Waals surface area contributed by atoms with Crippen LogP contribution in [0.1, 0.15) is 72.4 Å². The first-order valence-electron chi connectivity index (χ1n) is 12.7. The van der Waals surface area contributed by atoms with E-state index in [1.54, 1.807) is 0 Å². The summed E-state index contributed by atoms with van der Waals surface area (Å²) in [4.78, 5) is 48.7. The van der Waals surface area contributed by atoms with Gasteiger partial charge in [-0.3, -0.25) is 9.59 Å². The average molecular weight is 579 g/mol. The summed E-state index contributed by atoms with van der Waals surface area (Å²) in [6, 6.07) is 4.13. The van der Waals surface area contributed by atoms with Crippen LogP contribution in [0.5, 0.6) is 23.0 Å². The molecule has 0 fully saturated rings. The second-order valence-corrected chi connectivity index (χ2v) is 9.79. The molecule has 0 aliphatic heterocycles. The molecule has 2 rings (SSSR count). The second kappa shape index (κ2) is 14.2. The highest BCUT2D eigenvalue weighted by atomic mass is 16.6. The Kier molecular flexibility index (Phi) is 11.3. The van der Waals surface area contributed by atoms with E-state index in [9.17, 15) is 49.8 Å². The molecule has 0 saturated carbocycles. The van der Waals surface area contributed by atoms with Crippen LogP contribution in [0.15, 0.2) is 24.3 Å². The Labute approximate surface area is 235 Å². The second-order valence-electron chi connectivity index (χ2n) is 9.79. The zero-order chi connectivity index (χ0) is 31.0. The van der Waals surface area contributed by atoms with Gasteiger partial charge in [0.25, 0.3) is 0 Å². The fourth-order valence-corrected chi connectivity index (χ4v) is 4.15. The number of ether oxygens (including phenoxy) is 3. The van der Waals surface area contributed by atoms with Gasteiger partial charge in [0.2, 0.25) is 0 Å². The monoisotopic (exact) mass is 578 g/mol. The van der Waals surface area contributed by atoms with E-state index < -0.39 is 71.8 Å². The number of aliphatic hydroxyl groups is 1. The number of carboxylic acid groups (broad SMARTS) is 1. The highest BCUT2D eigenvalue weighted by Crippen LogP contribution is 2.31. The number of phenolic OH excluding ortho intramolecular Hbond substituents is 3. The molecule has 4 atom stereocenters. The van der Waals surface area contributed by atoms with Crippen molar-refractivity contribution in [2.45, 2.75) is 77.8 Å². The molecule has 0 aliphatic carbocycles. The third-order valence-electron chi connectivity index (χ3n) is 5.69. The Morgan fingerprint density at radius 2 is 1.10 bits per heavy atom. The highest BCUT2D eigenvalue weighted by molar-refractivity contribution is 5.95. The minimum absolute atomic E-state index is 0.0379. The molecule has 0 aliphatic rings. The van der Waals surface area contributed by atoms with Gasteiger partial charge in [-0.2, -0.15) is 0 Å². The molecule has 0 saturated heterocycles. The molecule has 0 spiro atoms. The van der Waals surface area contributed by atoms with Crippen LogP contribution >= 0.6 is 0 Å². The molecule has 41 heavy (non-hydrogen) atoms. The lowest BCUT2D eigenvalue weighted by Crippen LogP contribution is -2.25. The fourth-order valence-electron chi connectivity index (χ4n) is 4.15. The molecule has 2 aromatic rings. The molecular formula is C28H34O13. The Morgan fingerprint density at radius 3 is 1.56 bits per heavy atom. The number of carbonyl (C=O) groups is 4. The molecule has 0 radical (unpaired) electrons. The molecule has 0 bridgehead atoms. The molecule has 0 heterocycles. The Hall–Kier alpha value is -4.52. The van der Waals surface area contributed by atoms with Crippen molar-refractivity contribution in [2.75, 3.05) is 0 Å². The van der Waals surface area contributed by atoms with E-state index >= 15 is 0 Å². The first kappa shape index (κ1) is 32.7. The normalized spacial score (nSPS) is 13.9. The number of aromatic hydroxyl groups is 4. The predicted octanol–water partition coefficient (Wildman–Crippen LogP) is 2.56. The zero-order valence-corrected chi connectivity index (χ0v) is 23.0. The van der Waals surface area contributed by atoms with Gasteiger partial charge in [-0.1, -0.05) is 0 Å². The van der Waals surface area contributed by atoms with E-state index in [1.165, 1.54) is 33.8 Å². The molecule has 224 valence electrons. The van der Waals surface area contributed by atoms with E-state index in [1.807, 2.05) is 0 Å². The molecule has 2 aromatic carbocycles. The van der Waals surface area contributed by atoms with Crippen molar-refractivity contribution < 1.29 is 64.0 Å². The van der Waals surface area contributed by atoms with Crippen molar-refractivity contribution in [3.8, 4) is 23.0 Å². The van der Waals surface area contributed by atoms with Gasteiger partial charge < -0.3 is 44.8 Å². The lowest BCUT2D eigenvalue weighted by molar-refractivity contribution is -0.151. The number of rotatable bonds is 13. The Bertz CT molecular complexity index is 1280. The van der Waals surface area contributed by atoms with Crippen molar-refractivity contribution in [3.05, 3.63) is 46.5 Å². The summed E-state index contributed by atoms with van der Waals surface area (Å²) < 4.78 is 15.8. The maximum atomic E-state index is 12.9. The van der Waals surface area contributed by atoms with E-state index in [0.717, 1.165) is 18.2 Å². The maximum Gasteiger partial charge on any atom is 0.342 e. The van der Waals surface area contributed by atoms with E-state index in [-0.39, 0.29) is 47.5 Å².